The SMILES string of the molecule is COc1ccc(CCNC(N)=NCC(c2ccccc2)C(C)C)cc1OC. The zero-order valence-electron chi connectivity index (χ0n) is 16.7. The number of nitrogens with zero attached hydrogens (tertiary/aromatic N) is 1. The van der Waals surface area contributed by atoms with Crippen molar-refractivity contribution < 1.29 is 9.47 Å². The molecule has 2 aromatic rings. The maximum atomic E-state index is 6.06. The number of hydrogen-bond acceptors (Lipinski definition) is 3. The Kier molecular flexibility index (Phi) is 7.99. The maximum absolute atomic E-state index is 6.06. The van der Waals surface area contributed by atoms with Crippen LogP contribution in [0.4, 0.5) is 0 Å². The zero-order valence-corrected chi connectivity index (χ0v) is 16.7. The van der Waals surface area contributed by atoms with E-state index in [9.17, 15) is 0 Å². The van der Waals surface area contributed by atoms with Crippen molar-refractivity contribution in [2.24, 2.45) is 16.6 Å². The number of nitrogens with two attached hydrogens (primary N) is 1. The van der Waals surface area contributed by atoms with Crippen molar-refractivity contribution in [2.45, 2.75) is 26.2 Å². The van der Waals surface area contributed by atoms with Gasteiger partial charge in [-0.05, 0) is 35.6 Å². The summed E-state index contributed by atoms with van der Waals surface area (Å²) in [6.07, 6.45) is 0.822. The lowest BCUT2D eigenvalue weighted by Gasteiger charge is -2.19. The van der Waals surface area contributed by atoms with Crippen molar-refractivity contribution in [3.8, 4) is 11.5 Å². The molecule has 3 N–H and O–H groups in total. The van der Waals surface area contributed by atoms with E-state index in [4.69, 9.17) is 15.2 Å². The van der Waals surface area contributed by atoms with Crippen molar-refractivity contribution >= 4 is 5.96 Å². The molecule has 0 heterocycles. The molecule has 0 fully saturated rings. The summed E-state index contributed by atoms with van der Waals surface area (Å²) in [7, 11) is 3.28. The standard InChI is InChI=1S/C22H31N3O2/c1-16(2)19(18-8-6-5-7-9-18)15-25-22(23)24-13-12-17-10-11-20(26-3)21(14-17)27-4/h5-11,14,16,19H,12-13,15H2,1-4H3,(H3,23,24,25). The van der Waals surface area contributed by atoms with Crippen LogP contribution in [-0.4, -0.2) is 33.3 Å². The maximum Gasteiger partial charge on any atom is 0.188 e. The zero-order chi connectivity index (χ0) is 19.6. The van der Waals surface area contributed by atoms with Gasteiger partial charge in [-0.15, -0.1) is 0 Å². The van der Waals surface area contributed by atoms with Gasteiger partial charge in [0.2, 0.25) is 0 Å². The topological polar surface area (TPSA) is 68.9 Å². The van der Waals surface area contributed by atoms with E-state index in [1.54, 1.807) is 14.2 Å². The van der Waals surface area contributed by atoms with Gasteiger partial charge in [0.05, 0.1) is 14.2 Å². The molecule has 0 aromatic heterocycles. The fourth-order valence-electron chi connectivity index (χ4n) is 3.03. The molecule has 0 aliphatic rings. The normalized spacial score (nSPS) is 12.7. The molecule has 0 saturated heterocycles. The lowest BCUT2D eigenvalue weighted by atomic mass is 9.88. The fraction of sp³-hybridized carbons (Fsp3) is 0.409. The lowest BCUT2D eigenvalue weighted by Crippen LogP contribution is -2.33. The fourth-order valence-corrected chi connectivity index (χ4v) is 3.03. The summed E-state index contributed by atoms with van der Waals surface area (Å²) in [6.45, 7) is 5.82. The predicted octanol–water partition coefficient (Wildman–Crippen LogP) is 3.59. The molecule has 0 aliphatic heterocycles. The Morgan fingerprint density at radius 3 is 2.37 bits per heavy atom. The Bertz CT molecular complexity index is 730. The van der Waals surface area contributed by atoms with Crippen LogP contribution in [0.2, 0.25) is 0 Å². The van der Waals surface area contributed by atoms with Gasteiger partial charge in [-0.2, -0.15) is 0 Å². The first-order valence-electron chi connectivity index (χ1n) is 9.34. The number of hydrogen-bond donors (Lipinski definition) is 2. The first-order chi connectivity index (χ1) is 13.0. The molecule has 1 atom stereocenters. The summed E-state index contributed by atoms with van der Waals surface area (Å²) in [5, 5.41) is 3.20. The summed E-state index contributed by atoms with van der Waals surface area (Å²) in [5.74, 6) is 2.81. The average Bonchev–Trinajstić information content (AvgIpc) is 2.68. The van der Waals surface area contributed by atoms with E-state index in [2.05, 4.69) is 48.4 Å². The number of guanidine groups is 1. The molecule has 5 heteroatoms. The molecule has 0 saturated carbocycles. The second kappa shape index (κ2) is 10.5. The molecule has 2 rings (SSSR count). The molecule has 0 spiro atoms. The second-order valence-corrected chi connectivity index (χ2v) is 6.85. The first kappa shape index (κ1) is 20.6. The number of methoxy groups -OCH3 is 2. The molecule has 0 radical (unpaired) electrons. The smallest absolute Gasteiger partial charge is 0.188 e. The molecule has 5 nitrogen and oxygen atoms in total. The van der Waals surface area contributed by atoms with Crippen LogP contribution in [0.15, 0.2) is 53.5 Å². The van der Waals surface area contributed by atoms with E-state index in [1.165, 1.54) is 5.56 Å². The highest BCUT2D eigenvalue weighted by atomic mass is 16.5. The van der Waals surface area contributed by atoms with Gasteiger partial charge in [0, 0.05) is 19.0 Å². The van der Waals surface area contributed by atoms with E-state index in [0.717, 1.165) is 23.5 Å². The number of aliphatic imine (C=N–C) groups is 1. The van der Waals surface area contributed by atoms with Crippen molar-refractivity contribution in [1.82, 2.24) is 5.32 Å². The van der Waals surface area contributed by atoms with Crippen molar-refractivity contribution in [1.29, 1.82) is 0 Å². The van der Waals surface area contributed by atoms with Gasteiger partial charge in [-0.3, -0.25) is 4.99 Å². The summed E-state index contributed by atoms with van der Waals surface area (Å²) < 4.78 is 10.6. The first-order valence-corrected chi connectivity index (χ1v) is 9.34. The van der Waals surface area contributed by atoms with E-state index in [-0.39, 0.29) is 0 Å². The van der Waals surface area contributed by atoms with Gasteiger partial charge in [-0.1, -0.05) is 50.2 Å². The minimum atomic E-state index is 0.359. The Morgan fingerprint density at radius 2 is 1.74 bits per heavy atom. The van der Waals surface area contributed by atoms with E-state index in [0.29, 0.717) is 30.9 Å². The van der Waals surface area contributed by atoms with E-state index < -0.39 is 0 Å². The van der Waals surface area contributed by atoms with Gasteiger partial charge < -0.3 is 20.5 Å². The second-order valence-electron chi connectivity index (χ2n) is 6.85. The largest absolute Gasteiger partial charge is 0.493 e. The Hall–Kier alpha value is -2.69. The third-order valence-corrected chi connectivity index (χ3v) is 4.66. The quantitative estimate of drug-likeness (QED) is 0.523. The highest BCUT2D eigenvalue weighted by Crippen LogP contribution is 2.27. The van der Waals surface area contributed by atoms with Gasteiger partial charge in [0.25, 0.3) is 0 Å². The van der Waals surface area contributed by atoms with Crippen LogP contribution in [0.3, 0.4) is 0 Å². The van der Waals surface area contributed by atoms with Crippen LogP contribution in [0.25, 0.3) is 0 Å². The number of ether oxygens (including phenoxy) is 2. The number of benzene rings is 2. The third-order valence-electron chi connectivity index (χ3n) is 4.66. The summed E-state index contributed by atoms with van der Waals surface area (Å²) >= 11 is 0. The minimum absolute atomic E-state index is 0.359. The summed E-state index contributed by atoms with van der Waals surface area (Å²) in [4.78, 5) is 4.55. The predicted molar refractivity (Wildman–Crippen MR) is 112 cm³/mol. The third kappa shape index (κ3) is 6.20. The van der Waals surface area contributed by atoms with Crippen molar-refractivity contribution in [2.75, 3.05) is 27.3 Å². The van der Waals surface area contributed by atoms with Crippen LogP contribution in [0, 0.1) is 5.92 Å². The highest BCUT2D eigenvalue weighted by Gasteiger charge is 2.15. The van der Waals surface area contributed by atoms with Gasteiger partial charge in [-0.25, -0.2) is 0 Å². The minimum Gasteiger partial charge on any atom is -0.493 e. The van der Waals surface area contributed by atoms with Gasteiger partial charge >= 0.3 is 0 Å². The Morgan fingerprint density at radius 1 is 1.04 bits per heavy atom. The van der Waals surface area contributed by atoms with Gasteiger partial charge in [0.15, 0.2) is 17.5 Å². The molecule has 0 amide bonds. The number of rotatable bonds is 9. The number of nitrogens with one attached hydrogen (secondary N) is 1. The average molecular weight is 370 g/mol. The summed E-state index contributed by atoms with van der Waals surface area (Å²) in [6, 6.07) is 16.4. The van der Waals surface area contributed by atoms with E-state index in [1.807, 2.05) is 24.3 Å². The van der Waals surface area contributed by atoms with Crippen LogP contribution >= 0.6 is 0 Å². The van der Waals surface area contributed by atoms with Crippen LogP contribution in [-0.2, 0) is 6.42 Å². The molecule has 2 aromatic carbocycles. The van der Waals surface area contributed by atoms with Crippen LogP contribution < -0.4 is 20.5 Å². The molecular weight excluding hydrogens is 338 g/mol. The van der Waals surface area contributed by atoms with Gasteiger partial charge in [0.1, 0.15) is 0 Å². The molecular formula is C22H31N3O2. The van der Waals surface area contributed by atoms with Crippen LogP contribution in [0.1, 0.15) is 30.9 Å². The monoisotopic (exact) mass is 369 g/mol. The molecule has 27 heavy (non-hydrogen) atoms. The molecule has 0 bridgehead atoms. The highest BCUT2D eigenvalue weighted by molar-refractivity contribution is 5.77. The lowest BCUT2D eigenvalue weighted by molar-refractivity contribution is 0.354. The van der Waals surface area contributed by atoms with Crippen LogP contribution in [0.5, 0.6) is 11.5 Å². The van der Waals surface area contributed by atoms with Crippen molar-refractivity contribution in [3.05, 3.63) is 59.7 Å². The van der Waals surface area contributed by atoms with Crippen molar-refractivity contribution in [3.63, 3.8) is 0 Å². The molecule has 0 aliphatic carbocycles. The Labute approximate surface area is 162 Å². The molecule has 1 unspecified atom stereocenters. The Balaban J connectivity index is 1.88. The van der Waals surface area contributed by atoms with E-state index >= 15 is 0 Å². The summed E-state index contributed by atoms with van der Waals surface area (Å²) in [5.41, 5.74) is 8.51. The molecule has 146 valence electrons.